The number of nitrogens with two attached hydrogens (primary N) is 1. The molecule has 0 fully saturated rings. The van der Waals surface area contributed by atoms with Crippen molar-refractivity contribution in [3.63, 3.8) is 0 Å². The number of nitrogens with one attached hydrogen (secondary N) is 1. The first kappa shape index (κ1) is 13.0. The van der Waals surface area contributed by atoms with E-state index in [4.69, 9.17) is 10.6 Å². The molecule has 0 aliphatic rings. The van der Waals surface area contributed by atoms with E-state index in [0.29, 0.717) is 0 Å². The Labute approximate surface area is 107 Å². The number of aromatic nitrogens is 1. The van der Waals surface area contributed by atoms with Crippen molar-refractivity contribution in [2.75, 3.05) is 7.11 Å². The zero-order valence-electron chi connectivity index (χ0n) is 11.0. The van der Waals surface area contributed by atoms with E-state index in [9.17, 15) is 0 Å². The Morgan fingerprint density at radius 2 is 2.11 bits per heavy atom. The summed E-state index contributed by atoms with van der Waals surface area (Å²) in [4.78, 5) is 4.36. The number of hydrogen-bond donors (Lipinski definition) is 2. The molecule has 0 radical (unpaired) electrons. The average molecular weight is 245 g/mol. The van der Waals surface area contributed by atoms with E-state index in [1.54, 1.807) is 13.3 Å². The van der Waals surface area contributed by atoms with Gasteiger partial charge in [-0.05, 0) is 31.5 Å². The summed E-state index contributed by atoms with van der Waals surface area (Å²) >= 11 is 0. The Hall–Kier alpha value is -1.49. The number of ether oxygens (including phenoxy) is 1. The lowest BCUT2D eigenvalue weighted by atomic mass is 9.91. The van der Waals surface area contributed by atoms with Gasteiger partial charge in [-0.2, -0.15) is 0 Å². The summed E-state index contributed by atoms with van der Waals surface area (Å²) in [6.07, 6.45) is 1.79. The van der Waals surface area contributed by atoms with Crippen LogP contribution in [0.1, 0.15) is 25.5 Å². The molecule has 1 aromatic heterocycles. The number of hydrazine groups is 1. The van der Waals surface area contributed by atoms with Crippen LogP contribution < -0.4 is 11.3 Å². The molecule has 1 unspecified atom stereocenters. The van der Waals surface area contributed by atoms with Crippen molar-refractivity contribution in [1.29, 1.82) is 0 Å². The number of rotatable bonds is 4. The van der Waals surface area contributed by atoms with Gasteiger partial charge in [0.05, 0.1) is 17.2 Å². The van der Waals surface area contributed by atoms with Crippen LogP contribution in [0.2, 0.25) is 0 Å². The fraction of sp³-hybridized carbons (Fsp3) is 0.357. The molecule has 2 rings (SSSR count). The molecule has 4 nitrogen and oxygen atoms in total. The van der Waals surface area contributed by atoms with Crippen LogP contribution >= 0.6 is 0 Å². The third-order valence-electron chi connectivity index (χ3n) is 3.35. The monoisotopic (exact) mass is 245 g/mol. The summed E-state index contributed by atoms with van der Waals surface area (Å²) in [5, 5.41) is 1.12. The highest BCUT2D eigenvalue weighted by atomic mass is 16.5. The van der Waals surface area contributed by atoms with E-state index >= 15 is 0 Å². The first-order valence-electron chi connectivity index (χ1n) is 5.94. The van der Waals surface area contributed by atoms with Gasteiger partial charge in [0.15, 0.2) is 0 Å². The van der Waals surface area contributed by atoms with Crippen LogP contribution in [-0.2, 0) is 4.74 Å². The highest BCUT2D eigenvalue weighted by molar-refractivity contribution is 5.79. The van der Waals surface area contributed by atoms with Crippen molar-refractivity contribution in [3.8, 4) is 0 Å². The number of methoxy groups -OCH3 is 1. The van der Waals surface area contributed by atoms with Crippen LogP contribution in [0.25, 0.3) is 10.9 Å². The Kier molecular flexibility index (Phi) is 3.61. The lowest BCUT2D eigenvalue weighted by Gasteiger charge is -2.32. The molecule has 1 atom stereocenters. The largest absolute Gasteiger partial charge is 0.377 e. The normalized spacial score (nSPS) is 13.8. The topological polar surface area (TPSA) is 60.2 Å². The lowest BCUT2D eigenvalue weighted by Crippen LogP contribution is -2.43. The summed E-state index contributed by atoms with van der Waals surface area (Å²) in [6.45, 7) is 4.00. The van der Waals surface area contributed by atoms with Crippen LogP contribution in [0, 0.1) is 0 Å². The van der Waals surface area contributed by atoms with Crippen molar-refractivity contribution >= 4 is 10.9 Å². The van der Waals surface area contributed by atoms with Crippen molar-refractivity contribution < 1.29 is 4.74 Å². The predicted molar refractivity (Wildman–Crippen MR) is 72.9 cm³/mol. The van der Waals surface area contributed by atoms with E-state index in [0.717, 1.165) is 16.5 Å². The minimum Gasteiger partial charge on any atom is -0.377 e. The van der Waals surface area contributed by atoms with Crippen LogP contribution in [0.15, 0.2) is 36.5 Å². The first-order valence-corrected chi connectivity index (χ1v) is 5.94. The molecule has 0 aliphatic carbocycles. The van der Waals surface area contributed by atoms with Crippen molar-refractivity contribution in [1.82, 2.24) is 10.4 Å². The van der Waals surface area contributed by atoms with Crippen LogP contribution in [0.4, 0.5) is 0 Å². The number of nitrogens with zero attached hydrogens (tertiary/aromatic N) is 1. The SMILES string of the molecule is COC(C)(C)C(NN)c1ccc2cccnc2c1. The smallest absolute Gasteiger partial charge is 0.0829 e. The van der Waals surface area contributed by atoms with Gasteiger partial charge in [-0.15, -0.1) is 0 Å². The highest BCUT2D eigenvalue weighted by Gasteiger charge is 2.29. The zero-order valence-corrected chi connectivity index (χ0v) is 11.0. The van der Waals surface area contributed by atoms with E-state index in [-0.39, 0.29) is 6.04 Å². The molecule has 0 amide bonds. The van der Waals surface area contributed by atoms with Crippen LogP contribution in [0.3, 0.4) is 0 Å². The van der Waals surface area contributed by atoms with E-state index in [1.165, 1.54) is 0 Å². The molecule has 0 aliphatic heterocycles. The lowest BCUT2D eigenvalue weighted by molar-refractivity contribution is -0.0111. The molecular formula is C14H19N3O. The molecule has 4 heteroatoms. The Morgan fingerprint density at radius 1 is 1.33 bits per heavy atom. The number of pyridine rings is 1. The number of benzene rings is 1. The van der Waals surface area contributed by atoms with Crippen molar-refractivity contribution in [2.45, 2.75) is 25.5 Å². The Morgan fingerprint density at radius 3 is 2.78 bits per heavy atom. The Bertz CT molecular complexity index is 539. The van der Waals surface area contributed by atoms with Gasteiger partial charge in [0.2, 0.25) is 0 Å². The summed E-state index contributed by atoms with van der Waals surface area (Å²) < 4.78 is 5.49. The van der Waals surface area contributed by atoms with Gasteiger partial charge in [0.1, 0.15) is 0 Å². The standard InChI is InChI=1S/C14H19N3O/c1-14(2,18-3)13(17-15)11-7-6-10-5-4-8-16-12(10)9-11/h4-9,13,17H,15H2,1-3H3. The van der Waals surface area contributed by atoms with E-state index < -0.39 is 5.60 Å². The summed E-state index contributed by atoms with van der Waals surface area (Å²) in [5.74, 6) is 5.66. The third kappa shape index (κ3) is 2.36. The van der Waals surface area contributed by atoms with Crippen LogP contribution in [0.5, 0.6) is 0 Å². The van der Waals surface area contributed by atoms with Gasteiger partial charge < -0.3 is 4.74 Å². The first-order chi connectivity index (χ1) is 8.58. The van der Waals surface area contributed by atoms with Gasteiger partial charge in [-0.3, -0.25) is 16.3 Å². The van der Waals surface area contributed by atoms with Gasteiger partial charge in [0, 0.05) is 18.7 Å². The molecular weight excluding hydrogens is 226 g/mol. The number of fused-ring (bicyclic) bond motifs is 1. The zero-order chi connectivity index (χ0) is 13.2. The fourth-order valence-electron chi connectivity index (χ4n) is 2.08. The molecule has 0 bridgehead atoms. The van der Waals surface area contributed by atoms with E-state index in [1.807, 2.05) is 38.1 Å². The molecule has 3 N–H and O–H groups in total. The quantitative estimate of drug-likeness (QED) is 0.640. The van der Waals surface area contributed by atoms with Crippen LogP contribution in [-0.4, -0.2) is 17.7 Å². The van der Waals surface area contributed by atoms with E-state index in [2.05, 4.69) is 16.5 Å². The molecule has 0 saturated heterocycles. The fourth-order valence-corrected chi connectivity index (χ4v) is 2.08. The molecule has 1 heterocycles. The second-order valence-corrected chi connectivity index (χ2v) is 4.86. The minimum absolute atomic E-state index is 0.0890. The predicted octanol–water partition coefficient (Wildman–Crippen LogP) is 2.16. The van der Waals surface area contributed by atoms with Gasteiger partial charge >= 0.3 is 0 Å². The van der Waals surface area contributed by atoms with Gasteiger partial charge in [-0.25, -0.2) is 0 Å². The third-order valence-corrected chi connectivity index (χ3v) is 3.35. The molecule has 0 saturated carbocycles. The minimum atomic E-state index is -0.392. The Balaban J connectivity index is 2.46. The molecule has 96 valence electrons. The number of hydrogen-bond acceptors (Lipinski definition) is 4. The van der Waals surface area contributed by atoms with Crippen molar-refractivity contribution in [3.05, 3.63) is 42.1 Å². The molecule has 1 aromatic carbocycles. The molecule has 2 aromatic rings. The highest BCUT2D eigenvalue weighted by Crippen LogP contribution is 2.29. The second kappa shape index (κ2) is 5.02. The maximum atomic E-state index is 5.66. The second-order valence-electron chi connectivity index (χ2n) is 4.86. The van der Waals surface area contributed by atoms with Gasteiger partial charge in [0.25, 0.3) is 0 Å². The van der Waals surface area contributed by atoms with Gasteiger partial charge in [-0.1, -0.05) is 18.2 Å². The summed E-state index contributed by atoms with van der Waals surface area (Å²) in [7, 11) is 1.68. The maximum absolute atomic E-state index is 5.66. The molecule has 18 heavy (non-hydrogen) atoms. The maximum Gasteiger partial charge on any atom is 0.0829 e. The van der Waals surface area contributed by atoms with Crippen molar-refractivity contribution in [2.24, 2.45) is 5.84 Å². The summed E-state index contributed by atoms with van der Waals surface area (Å²) in [5.41, 5.74) is 4.46. The average Bonchev–Trinajstić information content (AvgIpc) is 2.39. The molecule has 0 spiro atoms. The summed E-state index contributed by atoms with van der Waals surface area (Å²) in [6, 6.07) is 10.0.